The number of nitrogens with zero attached hydrogens (tertiary/aromatic N) is 2. The molecule has 1 unspecified atom stereocenters. The number of carbonyl (C=O) groups is 5. The summed E-state index contributed by atoms with van der Waals surface area (Å²) in [4.78, 5) is 68.5. The summed E-state index contributed by atoms with van der Waals surface area (Å²) in [6.07, 6.45) is 7.45. The predicted molar refractivity (Wildman–Crippen MR) is 145 cm³/mol. The van der Waals surface area contributed by atoms with Crippen LogP contribution in [0.1, 0.15) is 27.1 Å². The number of anilines is 1. The highest BCUT2D eigenvalue weighted by Gasteiger charge is 2.30. The smallest absolute Gasteiger partial charge is 0.295 e. The summed E-state index contributed by atoms with van der Waals surface area (Å²) in [5, 5.41) is 15.3. The van der Waals surface area contributed by atoms with Crippen LogP contribution in [0.15, 0.2) is 54.7 Å². The second kappa shape index (κ2) is 13.0. The van der Waals surface area contributed by atoms with Gasteiger partial charge in [-0.25, -0.2) is 0 Å². The van der Waals surface area contributed by atoms with Gasteiger partial charge in [-0.15, -0.1) is 12.8 Å². The summed E-state index contributed by atoms with van der Waals surface area (Å²) in [6, 6.07) is 13.7. The lowest BCUT2D eigenvalue weighted by molar-refractivity contribution is -0.130. The van der Waals surface area contributed by atoms with E-state index in [1.165, 1.54) is 18.1 Å². The second-order valence-corrected chi connectivity index (χ2v) is 8.59. The first kappa shape index (κ1) is 28.6. The lowest BCUT2D eigenvalue weighted by atomic mass is 10.1. The molecule has 0 aliphatic carbocycles. The summed E-state index contributed by atoms with van der Waals surface area (Å²) in [5.74, 6) is -2.78. The number of aromatic nitrogens is 1. The number of ketones is 1. The Balaban J connectivity index is 0.00000205. The van der Waals surface area contributed by atoms with Crippen LogP contribution in [0, 0.1) is 12.8 Å². The number of nitrogens with one attached hydrogen (secondary N) is 3. The molecule has 2 aromatic carbocycles. The van der Waals surface area contributed by atoms with Crippen molar-refractivity contribution in [3.05, 3.63) is 65.9 Å². The molecule has 1 fully saturated rings. The van der Waals surface area contributed by atoms with Crippen LogP contribution in [-0.2, 0) is 14.4 Å². The number of aliphatic hydroxyl groups is 1. The van der Waals surface area contributed by atoms with E-state index in [0.29, 0.717) is 29.6 Å². The van der Waals surface area contributed by atoms with E-state index in [9.17, 15) is 29.1 Å². The van der Waals surface area contributed by atoms with Crippen molar-refractivity contribution < 1.29 is 29.1 Å². The molecule has 4 rings (SSSR count). The Morgan fingerprint density at radius 3 is 2.23 bits per heavy atom. The third kappa shape index (κ3) is 6.49. The van der Waals surface area contributed by atoms with E-state index in [-0.39, 0.29) is 30.2 Å². The molecule has 1 aliphatic rings. The van der Waals surface area contributed by atoms with Gasteiger partial charge in [0.05, 0.1) is 23.2 Å². The highest BCUT2D eigenvalue weighted by Crippen LogP contribution is 2.26. The molecule has 1 atom stereocenters. The molecule has 4 amide bonds. The van der Waals surface area contributed by atoms with Crippen LogP contribution in [0.25, 0.3) is 10.9 Å². The van der Waals surface area contributed by atoms with Crippen molar-refractivity contribution in [3.8, 4) is 12.8 Å². The van der Waals surface area contributed by atoms with E-state index in [1.807, 2.05) is 6.07 Å². The van der Waals surface area contributed by atoms with E-state index < -0.39 is 36.0 Å². The fraction of sp³-hybridized carbons (Fsp3) is 0.250. The number of para-hydroxylation sites is 1. The van der Waals surface area contributed by atoms with Crippen molar-refractivity contribution in [2.45, 2.75) is 12.5 Å². The number of hydrogen-bond donors (Lipinski definition) is 4. The largest absolute Gasteiger partial charge is 0.383 e. The summed E-state index contributed by atoms with van der Waals surface area (Å²) < 4.78 is 0. The van der Waals surface area contributed by atoms with Gasteiger partial charge in [-0.05, 0) is 18.2 Å². The van der Waals surface area contributed by atoms with Gasteiger partial charge in [0.2, 0.25) is 5.91 Å². The van der Waals surface area contributed by atoms with Crippen LogP contribution < -0.4 is 10.6 Å². The highest BCUT2D eigenvalue weighted by molar-refractivity contribution is 6.45. The number of terminal acetylenes is 1. The van der Waals surface area contributed by atoms with Gasteiger partial charge in [0.15, 0.2) is 0 Å². The molecule has 39 heavy (non-hydrogen) atoms. The number of rotatable bonds is 7. The Hall–Kier alpha value is -4.95. The number of fused-ring (bicyclic) bond motifs is 1. The topological polar surface area (TPSA) is 152 Å². The van der Waals surface area contributed by atoms with Crippen LogP contribution in [0.4, 0.5) is 5.69 Å². The maximum atomic E-state index is 13.1. The monoisotopic (exact) mass is 531 g/mol. The normalized spacial score (nSPS) is 13.5. The lowest BCUT2D eigenvalue weighted by Gasteiger charge is -2.34. The Labute approximate surface area is 225 Å². The Bertz CT molecular complexity index is 1390. The van der Waals surface area contributed by atoms with Crippen molar-refractivity contribution in [2.75, 3.05) is 38.5 Å². The van der Waals surface area contributed by atoms with Crippen LogP contribution in [-0.4, -0.2) is 88.6 Å². The number of aromatic amines is 1. The van der Waals surface area contributed by atoms with E-state index in [2.05, 4.69) is 28.5 Å². The summed E-state index contributed by atoms with van der Waals surface area (Å²) in [5.41, 5.74) is 1.40. The van der Waals surface area contributed by atoms with Gasteiger partial charge in [-0.2, -0.15) is 0 Å². The number of Topliss-reactive ketones (excluding diaryl/α,β-unsaturated/α-hetero) is 1. The van der Waals surface area contributed by atoms with Gasteiger partial charge < -0.3 is 30.5 Å². The van der Waals surface area contributed by atoms with Gasteiger partial charge in [0.1, 0.15) is 6.10 Å². The first-order chi connectivity index (χ1) is 18.8. The van der Waals surface area contributed by atoms with Crippen LogP contribution in [0.5, 0.6) is 0 Å². The lowest BCUT2D eigenvalue weighted by Crippen LogP contribution is -2.52. The van der Waals surface area contributed by atoms with Crippen molar-refractivity contribution in [2.24, 2.45) is 0 Å². The molecule has 2 heterocycles. The maximum absolute atomic E-state index is 13.1. The minimum absolute atomic E-state index is 0.120. The van der Waals surface area contributed by atoms with E-state index in [0.717, 1.165) is 0 Å². The summed E-state index contributed by atoms with van der Waals surface area (Å²) >= 11 is 0. The Morgan fingerprint density at radius 2 is 1.59 bits per heavy atom. The molecule has 0 radical (unpaired) electrons. The van der Waals surface area contributed by atoms with Gasteiger partial charge in [0.25, 0.3) is 23.5 Å². The number of amides is 4. The third-order valence-electron chi connectivity index (χ3n) is 6.25. The SMILES string of the molecule is C#C.CNC(=O)CC(O)C(=O)Nc1cccc2c(C(=O)C(=O)N3CCN(C(=O)c4ccccc4)CC3)c[nH]c12. The van der Waals surface area contributed by atoms with Crippen LogP contribution in [0.2, 0.25) is 0 Å². The number of piperazine rings is 1. The standard InChI is InChI=1S/C26H27N5O6.C2H2/c1-27-21(33)14-20(32)24(35)29-19-9-5-8-17-18(15-28-22(17)19)23(34)26(37)31-12-10-30(11-13-31)25(36)16-6-3-2-4-7-16;1-2/h2-9,15,20,28,32H,10-14H2,1H3,(H,27,33)(H,29,35);1-2H. The molecule has 1 saturated heterocycles. The zero-order chi connectivity index (χ0) is 28.5. The molecular formula is C28H29N5O6. The van der Waals surface area contributed by atoms with Crippen LogP contribution >= 0.6 is 0 Å². The van der Waals surface area contributed by atoms with Gasteiger partial charge in [-0.1, -0.05) is 30.3 Å². The third-order valence-corrected chi connectivity index (χ3v) is 6.25. The second-order valence-electron chi connectivity index (χ2n) is 8.59. The first-order valence-corrected chi connectivity index (χ1v) is 12.1. The number of aliphatic hydroxyl groups excluding tert-OH is 1. The maximum Gasteiger partial charge on any atom is 0.295 e. The molecule has 0 saturated carbocycles. The molecule has 0 bridgehead atoms. The first-order valence-electron chi connectivity index (χ1n) is 12.1. The van der Waals surface area contributed by atoms with Crippen molar-refractivity contribution in [3.63, 3.8) is 0 Å². The van der Waals surface area contributed by atoms with Gasteiger partial charge in [-0.3, -0.25) is 24.0 Å². The Morgan fingerprint density at radius 1 is 0.949 bits per heavy atom. The minimum Gasteiger partial charge on any atom is -0.383 e. The molecule has 1 aliphatic heterocycles. The average molecular weight is 532 g/mol. The highest BCUT2D eigenvalue weighted by atomic mass is 16.3. The number of hydrogen-bond acceptors (Lipinski definition) is 6. The van der Waals surface area contributed by atoms with E-state index in [4.69, 9.17) is 0 Å². The fourth-order valence-corrected chi connectivity index (χ4v) is 4.17. The molecular weight excluding hydrogens is 502 g/mol. The van der Waals surface area contributed by atoms with Crippen molar-refractivity contribution in [1.82, 2.24) is 20.1 Å². The molecule has 4 N–H and O–H groups in total. The van der Waals surface area contributed by atoms with Crippen molar-refractivity contribution in [1.29, 1.82) is 0 Å². The predicted octanol–water partition coefficient (Wildman–Crippen LogP) is 1.02. The molecule has 0 spiro atoms. The minimum atomic E-state index is -1.56. The quantitative estimate of drug-likeness (QED) is 0.203. The summed E-state index contributed by atoms with van der Waals surface area (Å²) in [7, 11) is 1.40. The summed E-state index contributed by atoms with van der Waals surface area (Å²) in [6.45, 7) is 1.09. The Kier molecular flexibility index (Phi) is 9.56. The molecule has 11 nitrogen and oxygen atoms in total. The molecule has 202 valence electrons. The van der Waals surface area contributed by atoms with E-state index in [1.54, 1.807) is 47.4 Å². The number of benzene rings is 2. The average Bonchev–Trinajstić information content (AvgIpc) is 3.42. The molecule has 11 heteroatoms. The van der Waals surface area contributed by atoms with Crippen LogP contribution in [0.3, 0.4) is 0 Å². The molecule has 3 aromatic rings. The zero-order valence-electron chi connectivity index (χ0n) is 21.3. The molecule has 1 aromatic heterocycles. The van der Waals surface area contributed by atoms with Gasteiger partial charge in [0, 0.05) is 50.4 Å². The number of H-pyrrole nitrogens is 1. The zero-order valence-corrected chi connectivity index (χ0v) is 21.3. The van der Waals surface area contributed by atoms with Gasteiger partial charge >= 0.3 is 0 Å². The van der Waals surface area contributed by atoms with E-state index >= 15 is 0 Å². The van der Waals surface area contributed by atoms with Crippen molar-refractivity contribution >= 4 is 46.0 Å². The fourth-order valence-electron chi connectivity index (χ4n) is 4.17. The number of carbonyl (C=O) groups excluding carboxylic acids is 5.